The van der Waals surface area contributed by atoms with Gasteiger partial charge in [0, 0.05) is 7.11 Å². The summed E-state index contributed by atoms with van der Waals surface area (Å²) in [6, 6.07) is 8.94. The number of nitrogens with one attached hydrogen (secondary N) is 1. The molecule has 1 aromatic carbocycles. The number of rotatable bonds is 7. The van der Waals surface area contributed by atoms with Crippen LogP contribution in [0.5, 0.6) is 0 Å². The molecule has 2 amide bonds. The SMILES string of the molecule is COCC(=O)N[C@H](C/C=C/c1ccccc1)C(N)=O. The third-order valence-electron chi connectivity index (χ3n) is 2.44. The van der Waals surface area contributed by atoms with Crippen LogP contribution in [0.25, 0.3) is 6.08 Å². The van der Waals surface area contributed by atoms with Crippen molar-refractivity contribution in [2.75, 3.05) is 13.7 Å². The monoisotopic (exact) mass is 262 g/mol. The molecule has 102 valence electrons. The lowest BCUT2D eigenvalue weighted by Crippen LogP contribution is -2.45. The third kappa shape index (κ3) is 5.83. The second-order valence-corrected chi connectivity index (χ2v) is 4.00. The molecule has 0 radical (unpaired) electrons. The van der Waals surface area contributed by atoms with Crippen molar-refractivity contribution in [3.8, 4) is 0 Å². The highest BCUT2D eigenvalue weighted by molar-refractivity contribution is 5.87. The molecule has 0 bridgehead atoms. The van der Waals surface area contributed by atoms with Gasteiger partial charge in [0.15, 0.2) is 0 Å². The maximum atomic E-state index is 11.3. The zero-order valence-corrected chi connectivity index (χ0v) is 10.8. The van der Waals surface area contributed by atoms with E-state index in [9.17, 15) is 9.59 Å². The van der Waals surface area contributed by atoms with Crippen molar-refractivity contribution in [1.29, 1.82) is 0 Å². The minimum atomic E-state index is -0.720. The standard InChI is InChI=1S/C14H18N2O3/c1-19-10-13(17)16-12(14(15)18)9-5-8-11-6-3-2-4-7-11/h2-8,12H,9-10H2,1H3,(H2,15,18)(H,16,17)/b8-5+/t12-/m1/s1. The van der Waals surface area contributed by atoms with E-state index >= 15 is 0 Å². The highest BCUT2D eigenvalue weighted by Gasteiger charge is 2.15. The molecule has 0 aromatic heterocycles. The Kier molecular flexibility index (Phi) is 6.32. The summed E-state index contributed by atoms with van der Waals surface area (Å²) < 4.78 is 4.68. The number of nitrogens with two attached hydrogens (primary N) is 1. The number of hydrogen-bond donors (Lipinski definition) is 2. The van der Waals surface area contributed by atoms with Crippen LogP contribution < -0.4 is 11.1 Å². The number of ether oxygens (including phenoxy) is 1. The third-order valence-corrected chi connectivity index (χ3v) is 2.44. The molecule has 0 heterocycles. The Morgan fingerprint density at radius 3 is 2.63 bits per heavy atom. The molecule has 5 nitrogen and oxygen atoms in total. The molecule has 0 saturated carbocycles. The second-order valence-electron chi connectivity index (χ2n) is 4.00. The van der Waals surface area contributed by atoms with Gasteiger partial charge in [-0.25, -0.2) is 0 Å². The Morgan fingerprint density at radius 2 is 2.05 bits per heavy atom. The maximum Gasteiger partial charge on any atom is 0.246 e. The van der Waals surface area contributed by atoms with Gasteiger partial charge in [0.2, 0.25) is 11.8 Å². The Balaban J connectivity index is 2.52. The lowest BCUT2D eigenvalue weighted by molar-refractivity contribution is -0.129. The van der Waals surface area contributed by atoms with E-state index in [0.717, 1.165) is 5.56 Å². The molecule has 0 aliphatic rings. The van der Waals surface area contributed by atoms with Crippen LogP contribution in [0.4, 0.5) is 0 Å². The Hall–Kier alpha value is -2.14. The Bertz CT molecular complexity index is 443. The van der Waals surface area contributed by atoms with Crippen LogP contribution in [-0.4, -0.2) is 31.6 Å². The fraction of sp³-hybridized carbons (Fsp3) is 0.286. The van der Waals surface area contributed by atoms with Crippen molar-refractivity contribution >= 4 is 17.9 Å². The molecule has 0 aliphatic carbocycles. The summed E-state index contributed by atoms with van der Waals surface area (Å²) in [7, 11) is 1.41. The first-order valence-electron chi connectivity index (χ1n) is 5.92. The van der Waals surface area contributed by atoms with Gasteiger partial charge in [0.25, 0.3) is 0 Å². The molecular formula is C14H18N2O3. The summed E-state index contributed by atoms with van der Waals surface area (Å²) in [4.78, 5) is 22.5. The van der Waals surface area contributed by atoms with E-state index in [1.165, 1.54) is 7.11 Å². The van der Waals surface area contributed by atoms with Crippen LogP contribution in [0.15, 0.2) is 36.4 Å². The first kappa shape index (κ1) is 14.9. The first-order chi connectivity index (χ1) is 9.13. The largest absolute Gasteiger partial charge is 0.375 e. The van der Waals surface area contributed by atoms with E-state index in [0.29, 0.717) is 6.42 Å². The maximum absolute atomic E-state index is 11.3. The second kappa shape index (κ2) is 8.05. The summed E-state index contributed by atoms with van der Waals surface area (Å²) in [5, 5.41) is 2.51. The fourth-order valence-corrected chi connectivity index (χ4v) is 1.52. The highest BCUT2D eigenvalue weighted by Crippen LogP contribution is 2.03. The molecule has 0 unspecified atom stereocenters. The molecule has 19 heavy (non-hydrogen) atoms. The van der Waals surface area contributed by atoms with Gasteiger partial charge >= 0.3 is 0 Å². The first-order valence-corrected chi connectivity index (χ1v) is 5.92. The van der Waals surface area contributed by atoms with Gasteiger partial charge in [-0.05, 0) is 12.0 Å². The molecular weight excluding hydrogens is 244 g/mol. The molecule has 1 aromatic rings. The number of amides is 2. The average Bonchev–Trinajstić information content (AvgIpc) is 2.39. The van der Waals surface area contributed by atoms with Crippen molar-refractivity contribution in [2.24, 2.45) is 5.73 Å². The number of benzene rings is 1. The zero-order valence-electron chi connectivity index (χ0n) is 10.8. The predicted molar refractivity (Wildman–Crippen MR) is 73.1 cm³/mol. The minimum absolute atomic E-state index is 0.0911. The molecule has 3 N–H and O–H groups in total. The van der Waals surface area contributed by atoms with E-state index in [-0.39, 0.29) is 12.5 Å². The Labute approximate surface area is 112 Å². The van der Waals surface area contributed by atoms with Crippen LogP contribution in [-0.2, 0) is 14.3 Å². The lowest BCUT2D eigenvalue weighted by Gasteiger charge is -2.13. The molecule has 5 heteroatoms. The van der Waals surface area contributed by atoms with Gasteiger partial charge in [-0.2, -0.15) is 0 Å². The topological polar surface area (TPSA) is 81.4 Å². The fourth-order valence-electron chi connectivity index (χ4n) is 1.52. The molecule has 0 spiro atoms. The molecule has 0 aliphatic heterocycles. The van der Waals surface area contributed by atoms with E-state index in [2.05, 4.69) is 10.1 Å². The van der Waals surface area contributed by atoms with Gasteiger partial charge in [-0.15, -0.1) is 0 Å². The van der Waals surface area contributed by atoms with E-state index < -0.39 is 11.9 Å². The number of primary amides is 1. The van der Waals surface area contributed by atoms with Crippen molar-refractivity contribution in [1.82, 2.24) is 5.32 Å². The van der Waals surface area contributed by atoms with E-state index in [4.69, 9.17) is 5.73 Å². The quantitative estimate of drug-likeness (QED) is 0.759. The van der Waals surface area contributed by atoms with E-state index in [1.807, 2.05) is 36.4 Å². The number of carbonyl (C=O) groups is 2. The van der Waals surface area contributed by atoms with Crippen molar-refractivity contribution in [2.45, 2.75) is 12.5 Å². The normalized spacial score (nSPS) is 12.3. The summed E-state index contributed by atoms with van der Waals surface area (Å²) in [6.07, 6.45) is 4.02. The van der Waals surface area contributed by atoms with Crippen LogP contribution in [0, 0.1) is 0 Å². The Morgan fingerprint density at radius 1 is 1.37 bits per heavy atom. The summed E-state index contributed by atoms with van der Waals surface area (Å²) in [6.45, 7) is -0.0911. The van der Waals surface area contributed by atoms with E-state index in [1.54, 1.807) is 6.08 Å². The molecule has 0 fully saturated rings. The lowest BCUT2D eigenvalue weighted by atomic mass is 10.1. The smallest absolute Gasteiger partial charge is 0.246 e. The highest BCUT2D eigenvalue weighted by atomic mass is 16.5. The summed E-state index contributed by atoms with van der Waals surface area (Å²) in [5.41, 5.74) is 6.25. The van der Waals surface area contributed by atoms with Gasteiger partial charge in [-0.3, -0.25) is 9.59 Å². The van der Waals surface area contributed by atoms with Crippen LogP contribution in [0.1, 0.15) is 12.0 Å². The van der Waals surface area contributed by atoms with Gasteiger partial charge < -0.3 is 15.8 Å². The van der Waals surface area contributed by atoms with Crippen molar-refractivity contribution < 1.29 is 14.3 Å². The molecule has 1 rings (SSSR count). The van der Waals surface area contributed by atoms with Gasteiger partial charge in [-0.1, -0.05) is 42.5 Å². The van der Waals surface area contributed by atoms with Crippen molar-refractivity contribution in [3.05, 3.63) is 42.0 Å². The average molecular weight is 262 g/mol. The van der Waals surface area contributed by atoms with Gasteiger partial charge in [0.1, 0.15) is 12.6 Å². The molecule has 0 saturated heterocycles. The summed E-state index contributed by atoms with van der Waals surface area (Å²) >= 11 is 0. The van der Waals surface area contributed by atoms with Crippen LogP contribution in [0.3, 0.4) is 0 Å². The van der Waals surface area contributed by atoms with Crippen molar-refractivity contribution in [3.63, 3.8) is 0 Å². The number of methoxy groups -OCH3 is 1. The zero-order chi connectivity index (χ0) is 14.1. The predicted octanol–water partition coefficient (Wildman–Crippen LogP) is 0.706. The minimum Gasteiger partial charge on any atom is -0.375 e. The number of hydrogen-bond acceptors (Lipinski definition) is 3. The van der Waals surface area contributed by atoms with Crippen LogP contribution >= 0.6 is 0 Å². The summed E-state index contributed by atoms with van der Waals surface area (Å²) in [5.74, 6) is -0.929. The molecule has 1 atom stereocenters. The number of carbonyl (C=O) groups excluding carboxylic acids is 2. The van der Waals surface area contributed by atoms with Crippen LogP contribution in [0.2, 0.25) is 0 Å². The van der Waals surface area contributed by atoms with Gasteiger partial charge in [0.05, 0.1) is 0 Å².